The van der Waals surface area contributed by atoms with Crippen LogP contribution in [0.5, 0.6) is 0 Å². The summed E-state index contributed by atoms with van der Waals surface area (Å²) in [4.78, 5) is 26.0. The van der Waals surface area contributed by atoms with Crippen molar-refractivity contribution in [1.29, 1.82) is 0 Å². The number of aliphatic hydroxyl groups is 1. The maximum Gasteiger partial charge on any atom is 0.328 e. The van der Waals surface area contributed by atoms with Crippen LogP contribution >= 0.6 is 0 Å². The highest BCUT2D eigenvalue weighted by Gasteiger charge is 2.41. The summed E-state index contributed by atoms with van der Waals surface area (Å²) in [5.41, 5.74) is 0. The molecular formula is C17H29NO5. The van der Waals surface area contributed by atoms with Gasteiger partial charge in [0, 0.05) is 18.9 Å². The normalized spacial score (nSPS) is 24.8. The molecule has 1 unspecified atom stereocenters. The fraction of sp³-hybridized carbons (Fsp3) is 0.765. The van der Waals surface area contributed by atoms with Crippen LogP contribution in [0.25, 0.3) is 0 Å². The van der Waals surface area contributed by atoms with Crippen molar-refractivity contribution in [2.75, 3.05) is 20.3 Å². The Morgan fingerprint density at radius 2 is 2.04 bits per heavy atom. The predicted octanol–water partition coefficient (Wildman–Crippen LogP) is 1.37. The smallest absolute Gasteiger partial charge is 0.328 e. The molecule has 5 atom stereocenters. The number of amides is 1. The quantitative estimate of drug-likeness (QED) is 0.538. The molecule has 0 radical (unpaired) electrons. The summed E-state index contributed by atoms with van der Waals surface area (Å²) in [7, 11) is 1.29. The molecule has 1 aliphatic heterocycles. The molecule has 0 aromatic heterocycles. The van der Waals surface area contributed by atoms with Crippen LogP contribution < -0.4 is 0 Å². The molecule has 6 heteroatoms. The first kappa shape index (κ1) is 19.6. The lowest BCUT2D eigenvalue weighted by Gasteiger charge is -2.29. The molecule has 1 N–H and O–H groups in total. The van der Waals surface area contributed by atoms with Gasteiger partial charge in [0.15, 0.2) is 0 Å². The molecular weight excluding hydrogens is 298 g/mol. The van der Waals surface area contributed by atoms with E-state index in [1.165, 1.54) is 12.0 Å². The zero-order chi connectivity index (χ0) is 17.6. The van der Waals surface area contributed by atoms with E-state index in [2.05, 4.69) is 6.58 Å². The van der Waals surface area contributed by atoms with Gasteiger partial charge in [0.25, 0.3) is 0 Å². The molecule has 1 saturated heterocycles. The second kappa shape index (κ2) is 9.03. The third-order valence-electron chi connectivity index (χ3n) is 4.48. The summed E-state index contributed by atoms with van der Waals surface area (Å²) < 4.78 is 10.3. The monoisotopic (exact) mass is 327 g/mol. The van der Waals surface area contributed by atoms with Crippen molar-refractivity contribution in [1.82, 2.24) is 4.90 Å². The molecule has 1 rings (SSSR count). The summed E-state index contributed by atoms with van der Waals surface area (Å²) in [6, 6.07) is -0.688. The van der Waals surface area contributed by atoms with Crippen LogP contribution in [0.1, 0.15) is 33.6 Å². The second-order valence-corrected chi connectivity index (χ2v) is 6.35. The van der Waals surface area contributed by atoms with Crippen LogP contribution in [0.2, 0.25) is 0 Å². The van der Waals surface area contributed by atoms with Crippen molar-refractivity contribution in [3.05, 3.63) is 12.7 Å². The van der Waals surface area contributed by atoms with Crippen molar-refractivity contribution in [2.24, 2.45) is 11.8 Å². The minimum absolute atomic E-state index is 0.0267. The van der Waals surface area contributed by atoms with Gasteiger partial charge >= 0.3 is 5.97 Å². The third-order valence-corrected chi connectivity index (χ3v) is 4.48. The van der Waals surface area contributed by atoms with Crippen LogP contribution in [-0.2, 0) is 19.1 Å². The zero-order valence-electron chi connectivity index (χ0n) is 14.5. The molecule has 6 nitrogen and oxygen atoms in total. The average Bonchev–Trinajstić information content (AvgIpc) is 2.92. The second-order valence-electron chi connectivity index (χ2n) is 6.35. The minimum Gasteiger partial charge on any atom is -0.467 e. The number of nitrogens with zero attached hydrogens (tertiary/aromatic N) is 1. The number of esters is 1. The van der Waals surface area contributed by atoms with Crippen LogP contribution in [0, 0.1) is 11.8 Å². The van der Waals surface area contributed by atoms with Gasteiger partial charge in [-0.2, -0.15) is 0 Å². The molecule has 1 amide bonds. The number of hydrogen-bond acceptors (Lipinski definition) is 5. The molecule has 0 bridgehead atoms. The standard InChI is InChI=1S/C17H29NO5/c1-6-7-23-12(3)8-11(2)13(4)16(20)18-10-14(19)9-15(18)17(21)22-5/h6,11-15,19H,1,7-10H2,2-5H3/t11-,12+,13?,14-,15+/m1/s1. The molecule has 0 spiro atoms. The molecule has 1 fully saturated rings. The van der Waals surface area contributed by atoms with Gasteiger partial charge in [0.2, 0.25) is 5.91 Å². The molecule has 0 aliphatic carbocycles. The highest BCUT2D eigenvalue weighted by molar-refractivity contribution is 5.86. The van der Waals surface area contributed by atoms with Gasteiger partial charge in [0.1, 0.15) is 6.04 Å². The number of carbonyl (C=O) groups is 2. The van der Waals surface area contributed by atoms with Crippen molar-refractivity contribution in [3.8, 4) is 0 Å². The van der Waals surface area contributed by atoms with Gasteiger partial charge in [-0.15, -0.1) is 6.58 Å². The van der Waals surface area contributed by atoms with Crippen molar-refractivity contribution < 1.29 is 24.2 Å². The highest BCUT2D eigenvalue weighted by Crippen LogP contribution is 2.26. The van der Waals surface area contributed by atoms with Gasteiger partial charge in [-0.25, -0.2) is 4.79 Å². The van der Waals surface area contributed by atoms with E-state index in [-0.39, 0.29) is 36.8 Å². The van der Waals surface area contributed by atoms with E-state index in [1.807, 2.05) is 20.8 Å². The predicted molar refractivity (Wildman–Crippen MR) is 86.7 cm³/mol. The number of ether oxygens (including phenoxy) is 2. The Bertz CT molecular complexity index is 425. The first-order valence-electron chi connectivity index (χ1n) is 8.10. The Labute approximate surface area is 138 Å². The maximum absolute atomic E-state index is 12.7. The van der Waals surface area contributed by atoms with Crippen LogP contribution in [0.15, 0.2) is 12.7 Å². The number of methoxy groups -OCH3 is 1. The first-order valence-corrected chi connectivity index (χ1v) is 8.10. The Hall–Kier alpha value is -1.40. The fourth-order valence-electron chi connectivity index (χ4n) is 2.95. The molecule has 0 saturated carbocycles. The fourth-order valence-corrected chi connectivity index (χ4v) is 2.95. The van der Waals surface area contributed by atoms with Crippen LogP contribution in [0.4, 0.5) is 0 Å². The Kier molecular flexibility index (Phi) is 7.72. The van der Waals surface area contributed by atoms with Crippen LogP contribution in [-0.4, -0.2) is 60.4 Å². The molecule has 1 heterocycles. The van der Waals surface area contributed by atoms with E-state index < -0.39 is 18.1 Å². The number of likely N-dealkylation sites (tertiary alicyclic amines) is 1. The minimum atomic E-state index is -0.688. The molecule has 0 aromatic rings. The van der Waals surface area contributed by atoms with E-state index in [0.717, 1.165) is 6.42 Å². The van der Waals surface area contributed by atoms with Gasteiger partial charge < -0.3 is 19.5 Å². The summed E-state index contributed by atoms with van der Waals surface area (Å²) in [6.07, 6.45) is 2.01. The third kappa shape index (κ3) is 5.32. The number of β-amino-alcohol motifs (C(OH)–C–C–N with tert-alkyl or cyclic N) is 1. The van der Waals surface area contributed by atoms with Gasteiger partial charge in [-0.1, -0.05) is 19.9 Å². The van der Waals surface area contributed by atoms with Crippen molar-refractivity contribution in [3.63, 3.8) is 0 Å². The molecule has 23 heavy (non-hydrogen) atoms. The van der Waals surface area contributed by atoms with Gasteiger partial charge in [-0.05, 0) is 19.3 Å². The number of rotatable bonds is 8. The zero-order valence-corrected chi connectivity index (χ0v) is 14.5. The largest absolute Gasteiger partial charge is 0.467 e. The maximum atomic E-state index is 12.7. The SMILES string of the molecule is C=CCO[C@@H](C)C[C@@H](C)C(C)C(=O)N1C[C@H](O)C[C@H]1C(=O)OC. The van der Waals surface area contributed by atoms with Gasteiger partial charge in [-0.3, -0.25) is 4.79 Å². The van der Waals surface area contributed by atoms with Crippen molar-refractivity contribution >= 4 is 11.9 Å². The molecule has 0 aromatic carbocycles. The lowest BCUT2D eigenvalue weighted by molar-refractivity contribution is -0.152. The topological polar surface area (TPSA) is 76.1 Å². The van der Waals surface area contributed by atoms with E-state index in [4.69, 9.17) is 9.47 Å². The lowest BCUT2D eigenvalue weighted by atomic mass is 9.89. The summed E-state index contributed by atoms with van der Waals surface area (Å²) >= 11 is 0. The Balaban J connectivity index is 2.66. The Morgan fingerprint density at radius 1 is 1.39 bits per heavy atom. The summed E-state index contributed by atoms with van der Waals surface area (Å²) in [6.45, 7) is 10.1. The number of hydrogen-bond donors (Lipinski definition) is 1. The van der Waals surface area contributed by atoms with E-state index in [0.29, 0.717) is 6.61 Å². The van der Waals surface area contributed by atoms with E-state index in [1.54, 1.807) is 6.08 Å². The molecule has 132 valence electrons. The van der Waals surface area contributed by atoms with Gasteiger partial charge in [0.05, 0.1) is 25.9 Å². The van der Waals surface area contributed by atoms with Crippen molar-refractivity contribution in [2.45, 2.75) is 51.9 Å². The molecule has 1 aliphatic rings. The number of aliphatic hydroxyl groups excluding tert-OH is 1. The average molecular weight is 327 g/mol. The first-order chi connectivity index (χ1) is 10.8. The van der Waals surface area contributed by atoms with E-state index in [9.17, 15) is 14.7 Å². The Morgan fingerprint density at radius 3 is 2.61 bits per heavy atom. The highest BCUT2D eigenvalue weighted by atomic mass is 16.5. The van der Waals surface area contributed by atoms with Crippen LogP contribution in [0.3, 0.4) is 0 Å². The lowest BCUT2D eigenvalue weighted by Crippen LogP contribution is -2.45. The summed E-state index contributed by atoms with van der Waals surface area (Å²) in [5, 5.41) is 9.80. The number of carbonyl (C=O) groups excluding carboxylic acids is 2. The summed E-state index contributed by atoms with van der Waals surface area (Å²) in [5.74, 6) is -0.765. The van der Waals surface area contributed by atoms with E-state index >= 15 is 0 Å².